The molecule has 0 unspecified atom stereocenters. The summed E-state index contributed by atoms with van der Waals surface area (Å²) in [6.07, 6.45) is 8.23. The molecule has 0 aromatic heterocycles. The van der Waals surface area contributed by atoms with Crippen LogP contribution in [0.2, 0.25) is 0 Å². The predicted octanol–water partition coefficient (Wildman–Crippen LogP) is 2.40. The summed E-state index contributed by atoms with van der Waals surface area (Å²) in [6, 6.07) is 0. The lowest BCUT2D eigenvalue weighted by atomic mass is 10.1. The Hall–Kier alpha value is -1.24. The van der Waals surface area contributed by atoms with Gasteiger partial charge < -0.3 is 5.11 Å². The van der Waals surface area contributed by atoms with E-state index in [-0.39, 0.29) is 0 Å². The van der Waals surface area contributed by atoms with Crippen molar-refractivity contribution >= 4 is 0 Å². The van der Waals surface area contributed by atoms with Gasteiger partial charge in [0, 0.05) is 12.0 Å². The van der Waals surface area contributed by atoms with E-state index in [1.54, 1.807) is 0 Å². The van der Waals surface area contributed by atoms with Crippen LogP contribution in [0.15, 0.2) is 46.3 Å². The van der Waals surface area contributed by atoms with Crippen LogP contribution in [0.5, 0.6) is 0 Å². The average Bonchev–Trinajstić information content (AvgIpc) is 2.52. The molecule has 2 bridgehead atoms. The minimum absolute atomic E-state index is 0.491. The largest absolute Gasteiger partial charge is 0.508 e. The van der Waals surface area contributed by atoms with Crippen LogP contribution < -0.4 is 0 Å². The number of aliphatic hydroxyl groups excluding tert-OH is 1. The molecular formula is C10H8O. The van der Waals surface area contributed by atoms with Crippen molar-refractivity contribution < 1.29 is 5.11 Å². The number of fused-ring (bicyclic) bond motifs is 4. The Labute approximate surface area is 65.0 Å². The fourth-order valence-electron chi connectivity index (χ4n) is 2.10. The van der Waals surface area contributed by atoms with Gasteiger partial charge in [0.05, 0.1) is 0 Å². The molecule has 0 saturated carbocycles. The average molecular weight is 144 g/mol. The lowest BCUT2D eigenvalue weighted by Crippen LogP contribution is -1.86. The molecule has 0 heterocycles. The van der Waals surface area contributed by atoms with Crippen molar-refractivity contribution in [3.05, 3.63) is 46.3 Å². The molecule has 3 rings (SSSR count). The third-order valence-corrected chi connectivity index (χ3v) is 2.63. The zero-order valence-electron chi connectivity index (χ0n) is 6.09. The molecule has 0 fully saturated rings. The molecule has 0 aromatic rings. The maximum Gasteiger partial charge on any atom is 0.120 e. The summed E-state index contributed by atoms with van der Waals surface area (Å²) in [5.41, 5.74) is 5.21. The molecule has 1 N–H and O–H groups in total. The van der Waals surface area contributed by atoms with E-state index < -0.39 is 0 Å². The second-order valence-corrected chi connectivity index (χ2v) is 3.21. The maximum absolute atomic E-state index is 9.40. The quantitative estimate of drug-likeness (QED) is 0.553. The highest BCUT2D eigenvalue weighted by Crippen LogP contribution is 2.47. The van der Waals surface area contributed by atoms with Crippen molar-refractivity contribution in [3.63, 3.8) is 0 Å². The van der Waals surface area contributed by atoms with E-state index in [0.29, 0.717) is 5.76 Å². The van der Waals surface area contributed by atoms with Crippen LogP contribution in [0.25, 0.3) is 0 Å². The zero-order chi connectivity index (χ0) is 7.42. The number of rotatable bonds is 0. The second-order valence-electron chi connectivity index (χ2n) is 3.21. The third-order valence-electron chi connectivity index (χ3n) is 2.63. The standard InChI is InChI=1S/C10H8O/c11-10-5-6-4-9(10)8-3-1-2-7(6)8/h1,3,5,11H,2,4H2. The molecule has 1 nitrogen and oxygen atoms in total. The highest BCUT2D eigenvalue weighted by Gasteiger charge is 2.31. The van der Waals surface area contributed by atoms with Crippen molar-refractivity contribution in [1.82, 2.24) is 0 Å². The van der Waals surface area contributed by atoms with Crippen molar-refractivity contribution in [2.45, 2.75) is 12.8 Å². The first-order valence-corrected chi connectivity index (χ1v) is 3.89. The Morgan fingerprint density at radius 1 is 1.27 bits per heavy atom. The van der Waals surface area contributed by atoms with Gasteiger partial charge in [0.2, 0.25) is 0 Å². The molecule has 0 saturated heterocycles. The van der Waals surface area contributed by atoms with Gasteiger partial charge in [0.25, 0.3) is 0 Å². The van der Waals surface area contributed by atoms with Gasteiger partial charge in [0.1, 0.15) is 5.76 Å². The summed E-state index contributed by atoms with van der Waals surface area (Å²) >= 11 is 0. The Morgan fingerprint density at radius 3 is 3.09 bits per heavy atom. The molecule has 0 amide bonds. The topological polar surface area (TPSA) is 20.2 Å². The van der Waals surface area contributed by atoms with E-state index in [0.717, 1.165) is 18.4 Å². The van der Waals surface area contributed by atoms with Gasteiger partial charge in [-0.05, 0) is 29.2 Å². The predicted molar refractivity (Wildman–Crippen MR) is 43.1 cm³/mol. The van der Waals surface area contributed by atoms with Crippen LogP contribution in [0.4, 0.5) is 0 Å². The van der Waals surface area contributed by atoms with E-state index >= 15 is 0 Å². The molecule has 0 aromatic carbocycles. The van der Waals surface area contributed by atoms with Crippen LogP contribution in [0, 0.1) is 0 Å². The van der Waals surface area contributed by atoms with Crippen LogP contribution in [-0.2, 0) is 0 Å². The highest BCUT2D eigenvalue weighted by atomic mass is 16.3. The molecule has 3 aliphatic carbocycles. The number of hydrogen-bond acceptors (Lipinski definition) is 1. The smallest absolute Gasteiger partial charge is 0.120 e. The number of allylic oxidation sites excluding steroid dienone is 7. The molecule has 54 valence electrons. The van der Waals surface area contributed by atoms with Crippen molar-refractivity contribution in [2.24, 2.45) is 0 Å². The summed E-state index contributed by atoms with van der Waals surface area (Å²) < 4.78 is 0. The first-order valence-electron chi connectivity index (χ1n) is 3.89. The lowest BCUT2D eigenvalue weighted by Gasteiger charge is -2.01. The van der Waals surface area contributed by atoms with Gasteiger partial charge in [-0.3, -0.25) is 0 Å². The fraction of sp³-hybridized carbons (Fsp3) is 0.200. The van der Waals surface area contributed by atoms with Crippen molar-refractivity contribution in [2.75, 3.05) is 0 Å². The summed E-state index contributed by atoms with van der Waals surface area (Å²) in [5, 5.41) is 9.40. The van der Waals surface area contributed by atoms with Crippen LogP contribution in [0.3, 0.4) is 0 Å². The first-order chi connectivity index (χ1) is 5.36. The lowest BCUT2D eigenvalue weighted by molar-refractivity contribution is 0.429. The Morgan fingerprint density at radius 2 is 2.18 bits per heavy atom. The van der Waals surface area contributed by atoms with Crippen molar-refractivity contribution in [3.8, 4) is 0 Å². The highest BCUT2D eigenvalue weighted by molar-refractivity contribution is 5.68. The Bertz CT molecular complexity index is 364. The van der Waals surface area contributed by atoms with Gasteiger partial charge in [-0.2, -0.15) is 0 Å². The van der Waals surface area contributed by atoms with Crippen LogP contribution in [-0.4, -0.2) is 5.11 Å². The normalized spacial score (nSPS) is 25.3. The Kier molecular flexibility index (Phi) is 0.738. The first kappa shape index (κ1) is 5.42. The monoisotopic (exact) mass is 144 g/mol. The molecule has 1 heteroatoms. The van der Waals surface area contributed by atoms with E-state index in [1.807, 2.05) is 6.08 Å². The SMILES string of the molecule is OC1=C2CC(=C1)C1=C2C=CC1. The van der Waals surface area contributed by atoms with E-state index in [4.69, 9.17) is 0 Å². The number of hydrogen-bond donors (Lipinski definition) is 1. The third kappa shape index (κ3) is 0.484. The summed E-state index contributed by atoms with van der Waals surface area (Å²) in [7, 11) is 0. The molecule has 3 aliphatic rings. The molecular weight excluding hydrogens is 136 g/mol. The molecule has 0 aliphatic heterocycles. The van der Waals surface area contributed by atoms with E-state index in [9.17, 15) is 5.11 Å². The van der Waals surface area contributed by atoms with E-state index in [2.05, 4.69) is 12.2 Å². The van der Waals surface area contributed by atoms with Crippen molar-refractivity contribution in [1.29, 1.82) is 0 Å². The van der Waals surface area contributed by atoms with Crippen LogP contribution >= 0.6 is 0 Å². The minimum atomic E-state index is 0.491. The molecule has 0 spiro atoms. The summed E-state index contributed by atoms with van der Waals surface area (Å²) in [5.74, 6) is 0.491. The van der Waals surface area contributed by atoms with E-state index in [1.165, 1.54) is 16.7 Å². The molecule has 0 atom stereocenters. The van der Waals surface area contributed by atoms with Gasteiger partial charge in [-0.25, -0.2) is 0 Å². The van der Waals surface area contributed by atoms with Crippen LogP contribution in [0.1, 0.15) is 12.8 Å². The zero-order valence-corrected chi connectivity index (χ0v) is 6.09. The maximum atomic E-state index is 9.40. The van der Waals surface area contributed by atoms with Gasteiger partial charge in [-0.1, -0.05) is 12.2 Å². The van der Waals surface area contributed by atoms with Gasteiger partial charge >= 0.3 is 0 Å². The summed E-state index contributed by atoms with van der Waals surface area (Å²) in [6.45, 7) is 0. The number of aliphatic hydroxyl groups is 1. The van der Waals surface area contributed by atoms with Gasteiger partial charge in [-0.15, -0.1) is 0 Å². The fourth-order valence-corrected chi connectivity index (χ4v) is 2.10. The minimum Gasteiger partial charge on any atom is -0.508 e. The van der Waals surface area contributed by atoms with Gasteiger partial charge in [0.15, 0.2) is 0 Å². The second kappa shape index (κ2) is 1.50. The Balaban J connectivity index is 2.30. The summed E-state index contributed by atoms with van der Waals surface area (Å²) in [4.78, 5) is 0. The molecule has 0 radical (unpaired) electrons. The molecule has 11 heavy (non-hydrogen) atoms.